The zero-order chi connectivity index (χ0) is 17.8. The van der Waals surface area contributed by atoms with Crippen molar-refractivity contribution >= 4 is 11.6 Å². The summed E-state index contributed by atoms with van der Waals surface area (Å²) in [5.41, 5.74) is 4.01. The lowest BCUT2D eigenvalue weighted by atomic mass is 9.91. The maximum Gasteiger partial charge on any atom is 0.134 e. The zero-order valence-electron chi connectivity index (χ0n) is 15.2. The van der Waals surface area contributed by atoms with Crippen molar-refractivity contribution in [3.8, 4) is 0 Å². The summed E-state index contributed by atoms with van der Waals surface area (Å²) in [6.45, 7) is 2.79. The van der Waals surface area contributed by atoms with Crippen molar-refractivity contribution in [2.75, 3.05) is 29.9 Å². The Kier molecular flexibility index (Phi) is 5.29. The fraction of sp³-hybridized carbons (Fsp3) is 0.550. The summed E-state index contributed by atoms with van der Waals surface area (Å²) >= 11 is 0. The van der Waals surface area contributed by atoms with Gasteiger partial charge in [0.1, 0.15) is 18.0 Å². The number of rotatable bonds is 5. The number of fused-ring (bicyclic) bond motifs is 1. The zero-order valence-corrected chi connectivity index (χ0v) is 15.2. The van der Waals surface area contributed by atoms with Crippen molar-refractivity contribution in [1.29, 1.82) is 0 Å². The van der Waals surface area contributed by atoms with Crippen molar-refractivity contribution in [3.05, 3.63) is 41.5 Å². The molecular weight excluding hydrogens is 326 g/mol. The number of anilines is 2. The number of hydrogen-bond acceptors (Lipinski definition) is 6. The summed E-state index contributed by atoms with van der Waals surface area (Å²) in [7, 11) is 0. The van der Waals surface area contributed by atoms with Gasteiger partial charge in [0.25, 0.3) is 0 Å². The molecule has 2 N–H and O–H groups in total. The lowest BCUT2D eigenvalue weighted by Crippen LogP contribution is -2.37. The quantitative estimate of drug-likeness (QED) is 0.861. The van der Waals surface area contributed by atoms with Gasteiger partial charge in [-0.25, -0.2) is 9.97 Å². The monoisotopic (exact) mass is 353 g/mol. The SMILES string of the molecule is OCC1CCCN(c2cc(NCc3nccc4c3CCCC4)ncn2)C1. The Bertz CT molecular complexity index is 751. The smallest absolute Gasteiger partial charge is 0.134 e. The molecule has 1 unspecified atom stereocenters. The van der Waals surface area contributed by atoms with Crippen LogP contribution in [0.3, 0.4) is 0 Å². The predicted molar refractivity (Wildman–Crippen MR) is 102 cm³/mol. The fourth-order valence-electron chi connectivity index (χ4n) is 4.10. The first-order chi connectivity index (χ1) is 12.8. The molecule has 0 radical (unpaired) electrons. The Labute approximate surface area is 154 Å². The van der Waals surface area contributed by atoms with Crippen LogP contribution in [0.1, 0.15) is 42.5 Å². The van der Waals surface area contributed by atoms with Crippen LogP contribution in [0.2, 0.25) is 0 Å². The van der Waals surface area contributed by atoms with Crippen molar-refractivity contribution in [2.45, 2.75) is 45.1 Å². The Hall–Kier alpha value is -2.21. The van der Waals surface area contributed by atoms with E-state index in [0.29, 0.717) is 12.5 Å². The number of aromatic nitrogens is 3. The first-order valence-electron chi connectivity index (χ1n) is 9.71. The molecule has 26 heavy (non-hydrogen) atoms. The molecule has 2 aromatic rings. The third-order valence-electron chi connectivity index (χ3n) is 5.56. The van der Waals surface area contributed by atoms with Gasteiger partial charge in [0.2, 0.25) is 0 Å². The molecule has 138 valence electrons. The van der Waals surface area contributed by atoms with E-state index >= 15 is 0 Å². The second-order valence-corrected chi connectivity index (χ2v) is 7.35. The third kappa shape index (κ3) is 3.80. The lowest BCUT2D eigenvalue weighted by molar-refractivity contribution is 0.208. The summed E-state index contributed by atoms with van der Waals surface area (Å²) in [5.74, 6) is 2.11. The number of piperidine rings is 1. The first kappa shape index (κ1) is 17.2. The standard InChI is InChI=1S/C20H27N5O/c26-13-15-4-3-9-25(12-15)20-10-19(23-14-24-20)22-11-18-17-6-2-1-5-16(17)7-8-21-18/h7-8,10,14-15,26H,1-6,9,11-13H2,(H,22,23,24). The number of hydrogen-bond donors (Lipinski definition) is 2. The van der Waals surface area contributed by atoms with Gasteiger partial charge < -0.3 is 15.3 Å². The molecule has 0 saturated carbocycles. The van der Waals surface area contributed by atoms with Crippen molar-refractivity contribution in [1.82, 2.24) is 15.0 Å². The molecule has 4 rings (SSSR count). The maximum absolute atomic E-state index is 9.44. The van der Waals surface area contributed by atoms with Crippen LogP contribution in [-0.2, 0) is 19.4 Å². The average Bonchev–Trinajstić information content (AvgIpc) is 2.72. The fourth-order valence-corrected chi connectivity index (χ4v) is 4.10. The Balaban J connectivity index is 1.45. The molecule has 1 saturated heterocycles. The molecular formula is C20H27N5O. The van der Waals surface area contributed by atoms with Gasteiger partial charge in [-0.05, 0) is 61.6 Å². The highest BCUT2D eigenvalue weighted by Crippen LogP contribution is 2.25. The van der Waals surface area contributed by atoms with Gasteiger partial charge in [0.05, 0.1) is 12.2 Å². The molecule has 2 aliphatic rings. The van der Waals surface area contributed by atoms with Crippen molar-refractivity contribution < 1.29 is 5.11 Å². The second-order valence-electron chi connectivity index (χ2n) is 7.35. The summed E-state index contributed by atoms with van der Waals surface area (Å²) in [6.07, 6.45) is 10.6. The minimum absolute atomic E-state index is 0.247. The van der Waals surface area contributed by atoms with Crippen molar-refractivity contribution in [2.24, 2.45) is 5.92 Å². The molecule has 1 fully saturated rings. The third-order valence-corrected chi connectivity index (χ3v) is 5.56. The molecule has 2 aromatic heterocycles. The van der Waals surface area contributed by atoms with E-state index in [1.807, 2.05) is 12.3 Å². The van der Waals surface area contributed by atoms with Gasteiger partial charge >= 0.3 is 0 Å². The van der Waals surface area contributed by atoms with E-state index in [1.165, 1.54) is 30.4 Å². The van der Waals surface area contributed by atoms with Gasteiger partial charge in [-0.1, -0.05) is 0 Å². The van der Waals surface area contributed by atoms with Gasteiger partial charge in [-0.15, -0.1) is 0 Å². The molecule has 1 atom stereocenters. The van der Waals surface area contributed by atoms with E-state index in [4.69, 9.17) is 0 Å². The minimum Gasteiger partial charge on any atom is -0.396 e. The molecule has 1 aliphatic heterocycles. The number of aryl methyl sites for hydroxylation is 1. The predicted octanol–water partition coefficient (Wildman–Crippen LogP) is 2.57. The number of aliphatic hydroxyl groups is 1. The summed E-state index contributed by atoms with van der Waals surface area (Å²) in [6, 6.07) is 4.17. The van der Waals surface area contributed by atoms with Crippen LogP contribution in [0.15, 0.2) is 24.7 Å². The van der Waals surface area contributed by atoms with Crippen LogP contribution in [0.4, 0.5) is 11.6 Å². The van der Waals surface area contributed by atoms with Crippen LogP contribution >= 0.6 is 0 Å². The number of aliphatic hydroxyl groups excluding tert-OH is 1. The molecule has 3 heterocycles. The van der Waals surface area contributed by atoms with E-state index in [9.17, 15) is 5.11 Å². The van der Waals surface area contributed by atoms with E-state index in [-0.39, 0.29) is 6.61 Å². The summed E-state index contributed by atoms with van der Waals surface area (Å²) < 4.78 is 0. The summed E-state index contributed by atoms with van der Waals surface area (Å²) in [4.78, 5) is 15.7. The highest BCUT2D eigenvalue weighted by Gasteiger charge is 2.20. The molecule has 0 aromatic carbocycles. The number of nitrogens with one attached hydrogen (secondary N) is 1. The van der Waals surface area contributed by atoms with Gasteiger partial charge in [0, 0.05) is 32.0 Å². The lowest BCUT2D eigenvalue weighted by Gasteiger charge is -2.32. The van der Waals surface area contributed by atoms with E-state index in [1.54, 1.807) is 6.33 Å². The molecule has 6 heteroatoms. The number of nitrogens with zero attached hydrogens (tertiary/aromatic N) is 4. The van der Waals surface area contributed by atoms with Crippen LogP contribution in [0.5, 0.6) is 0 Å². The van der Waals surface area contributed by atoms with Gasteiger partial charge in [0.15, 0.2) is 0 Å². The van der Waals surface area contributed by atoms with E-state index in [0.717, 1.165) is 49.7 Å². The molecule has 1 aliphatic carbocycles. The normalized spacial score (nSPS) is 19.9. The molecule has 0 bridgehead atoms. The number of pyridine rings is 1. The van der Waals surface area contributed by atoms with Crippen LogP contribution in [-0.4, -0.2) is 39.8 Å². The maximum atomic E-state index is 9.44. The van der Waals surface area contributed by atoms with Crippen LogP contribution in [0, 0.1) is 5.92 Å². The van der Waals surface area contributed by atoms with Gasteiger partial charge in [-0.3, -0.25) is 4.98 Å². The van der Waals surface area contributed by atoms with E-state index < -0.39 is 0 Å². The summed E-state index contributed by atoms with van der Waals surface area (Å²) in [5, 5.41) is 12.9. The van der Waals surface area contributed by atoms with Crippen molar-refractivity contribution in [3.63, 3.8) is 0 Å². The molecule has 0 spiro atoms. The Morgan fingerprint density at radius 2 is 2.08 bits per heavy atom. The van der Waals surface area contributed by atoms with Crippen LogP contribution < -0.4 is 10.2 Å². The highest BCUT2D eigenvalue weighted by atomic mass is 16.3. The van der Waals surface area contributed by atoms with Crippen LogP contribution in [0.25, 0.3) is 0 Å². The minimum atomic E-state index is 0.247. The average molecular weight is 353 g/mol. The Morgan fingerprint density at radius 3 is 3.00 bits per heavy atom. The van der Waals surface area contributed by atoms with E-state index in [2.05, 4.69) is 31.2 Å². The largest absolute Gasteiger partial charge is 0.396 e. The topological polar surface area (TPSA) is 74.2 Å². The first-order valence-corrected chi connectivity index (χ1v) is 9.71. The second kappa shape index (κ2) is 7.99. The molecule has 6 nitrogen and oxygen atoms in total. The molecule has 0 amide bonds. The Morgan fingerprint density at radius 1 is 1.15 bits per heavy atom. The van der Waals surface area contributed by atoms with Gasteiger partial charge in [-0.2, -0.15) is 0 Å². The highest BCUT2D eigenvalue weighted by molar-refractivity contribution is 5.49.